The number of nitrogens with one attached hydrogen (secondary N) is 1. The summed E-state index contributed by atoms with van der Waals surface area (Å²) >= 11 is 0. The molecule has 2 unspecified atom stereocenters. The van der Waals surface area contributed by atoms with Crippen molar-refractivity contribution in [3.8, 4) is 0 Å². The predicted molar refractivity (Wildman–Crippen MR) is 111 cm³/mol. The average molecular weight is 339 g/mol. The molecule has 1 saturated carbocycles. The van der Waals surface area contributed by atoms with E-state index in [4.69, 9.17) is 0 Å². The largest absolute Gasteiger partial charge is 0.388 e. The van der Waals surface area contributed by atoms with Crippen molar-refractivity contribution in [2.24, 2.45) is 10.9 Å². The maximum absolute atomic E-state index is 4.30. The molecule has 1 aromatic rings. The number of aliphatic imine (C=N–C) groups is 1. The minimum absolute atomic E-state index is 0.504. The molecule has 0 bridgehead atoms. The zero-order valence-electron chi connectivity index (χ0n) is 16.2. The Bertz CT molecular complexity index is 594. The maximum atomic E-state index is 4.30. The Labute approximate surface area is 154 Å². The lowest BCUT2D eigenvalue weighted by molar-refractivity contribution is 0.265. The molecule has 1 aliphatic carbocycles. The van der Waals surface area contributed by atoms with Crippen molar-refractivity contribution >= 4 is 11.8 Å². The minimum atomic E-state index is 0.504. The van der Waals surface area contributed by atoms with Crippen LogP contribution in [0.5, 0.6) is 0 Å². The number of allylic oxidation sites excluding steroid dienone is 1. The second kappa shape index (κ2) is 10.2. The second-order valence-electron chi connectivity index (χ2n) is 7.32. The van der Waals surface area contributed by atoms with Crippen LogP contribution in [-0.2, 0) is 0 Å². The third kappa shape index (κ3) is 5.59. The molecule has 0 amide bonds. The van der Waals surface area contributed by atoms with Gasteiger partial charge in [0.15, 0.2) is 0 Å². The fourth-order valence-electron chi connectivity index (χ4n) is 4.13. The van der Waals surface area contributed by atoms with Crippen LogP contribution in [0.4, 0.5) is 0 Å². The van der Waals surface area contributed by atoms with Crippen LogP contribution in [0.15, 0.2) is 48.2 Å². The molecule has 1 aromatic carbocycles. The Hall–Kier alpha value is -1.83. The van der Waals surface area contributed by atoms with E-state index in [2.05, 4.69) is 55.0 Å². The molecule has 0 radical (unpaired) electrons. The van der Waals surface area contributed by atoms with Gasteiger partial charge < -0.3 is 5.32 Å². The molecule has 136 valence electrons. The Kier molecular flexibility index (Phi) is 7.97. The third-order valence-electron chi connectivity index (χ3n) is 5.49. The van der Waals surface area contributed by atoms with Crippen molar-refractivity contribution in [3.63, 3.8) is 0 Å². The first-order valence-electron chi connectivity index (χ1n) is 9.78. The molecule has 0 heterocycles. The number of nitrogens with zero attached hydrogens (tertiary/aromatic N) is 1. The van der Waals surface area contributed by atoms with Crippen LogP contribution in [0.3, 0.4) is 0 Å². The van der Waals surface area contributed by atoms with Gasteiger partial charge in [-0.25, -0.2) is 0 Å². The predicted octanol–water partition coefficient (Wildman–Crippen LogP) is 6.31. The monoisotopic (exact) mass is 338 g/mol. The number of hydrogen-bond acceptors (Lipinski definition) is 2. The van der Waals surface area contributed by atoms with Crippen molar-refractivity contribution in [1.29, 1.82) is 0 Å². The third-order valence-corrected chi connectivity index (χ3v) is 5.49. The summed E-state index contributed by atoms with van der Waals surface area (Å²) in [5.41, 5.74) is 3.97. The Morgan fingerprint density at radius 3 is 2.68 bits per heavy atom. The zero-order valence-corrected chi connectivity index (χ0v) is 16.2. The van der Waals surface area contributed by atoms with E-state index in [1.165, 1.54) is 48.8 Å². The van der Waals surface area contributed by atoms with Crippen LogP contribution in [-0.4, -0.2) is 12.3 Å². The molecule has 1 fully saturated rings. The van der Waals surface area contributed by atoms with Gasteiger partial charge in [0.25, 0.3) is 0 Å². The Balaban J connectivity index is 2.18. The second-order valence-corrected chi connectivity index (χ2v) is 7.32. The molecular weight excluding hydrogens is 304 g/mol. The van der Waals surface area contributed by atoms with E-state index >= 15 is 0 Å². The Morgan fingerprint density at radius 2 is 2.00 bits per heavy atom. The first-order chi connectivity index (χ1) is 12.2. The first kappa shape index (κ1) is 19.5. The van der Waals surface area contributed by atoms with Gasteiger partial charge in [-0.2, -0.15) is 0 Å². The topological polar surface area (TPSA) is 24.4 Å². The molecule has 2 rings (SSSR count). The van der Waals surface area contributed by atoms with Gasteiger partial charge in [-0.05, 0) is 67.8 Å². The van der Waals surface area contributed by atoms with Gasteiger partial charge in [-0.1, -0.05) is 57.0 Å². The van der Waals surface area contributed by atoms with Crippen LogP contribution >= 0.6 is 0 Å². The van der Waals surface area contributed by atoms with Gasteiger partial charge in [0, 0.05) is 18.5 Å². The summed E-state index contributed by atoms with van der Waals surface area (Å²) in [6.45, 7) is 10.4. The van der Waals surface area contributed by atoms with Crippen molar-refractivity contribution in [3.05, 3.63) is 54.4 Å². The average Bonchev–Trinajstić information content (AvgIpc) is 2.66. The SMILES string of the molecule is C=CNC(CC(C)c1ccccc1/C(C)=C/N=CC)C1CCCCC1. The highest BCUT2D eigenvalue weighted by molar-refractivity contribution is 5.68. The van der Waals surface area contributed by atoms with Crippen molar-refractivity contribution in [1.82, 2.24) is 5.32 Å². The van der Waals surface area contributed by atoms with Gasteiger partial charge in [0.2, 0.25) is 0 Å². The number of hydrogen-bond donors (Lipinski definition) is 1. The minimum Gasteiger partial charge on any atom is -0.388 e. The van der Waals surface area contributed by atoms with E-state index in [1.807, 2.05) is 25.5 Å². The maximum Gasteiger partial charge on any atom is 0.0299 e. The van der Waals surface area contributed by atoms with E-state index in [-0.39, 0.29) is 0 Å². The Morgan fingerprint density at radius 1 is 1.28 bits per heavy atom. The highest BCUT2D eigenvalue weighted by atomic mass is 14.9. The highest BCUT2D eigenvalue weighted by Crippen LogP contribution is 2.34. The van der Waals surface area contributed by atoms with Crippen LogP contribution in [0.2, 0.25) is 0 Å². The van der Waals surface area contributed by atoms with Crippen LogP contribution in [0, 0.1) is 5.92 Å². The van der Waals surface area contributed by atoms with Crippen molar-refractivity contribution in [2.45, 2.75) is 71.3 Å². The van der Waals surface area contributed by atoms with E-state index in [9.17, 15) is 0 Å². The van der Waals surface area contributed by atoms with Gasteiger partial charge in [-0.15, -0.1) is 0 Å². The normalized spacial score (nSPS) is 18.9. The standard InChI is InChI=1S/C23H34N2/c1-5-24-17-19(4)22-15-11-10-14-21(22)18(3)16-23(25-6-2)20-12-8-7-9-13-20/h5-6,10-11,14-15,17-18,20,23,25H,2,7-9,12-13,16H2,1,3-4H3/b19-17+,24-5?. The van der Waals surface area contributed by atoms with Crippen molar-refractivity contribution in [2.75, 3.05) is 0 Å². The molecule has 1 aliphatic rings. The number of benzene rings is 1. The molecule has 0 saturated heterocycles. The van der Waals surface area contributed by atoms with Crippen molar-refractivity contribution < 1.29 is 0 Å². The molecule has 25 heavy (non-hydrogen) atoms. The summed E-state index contributed by atoms with van der Waals surface area (Å²) in [5, 5.41) is 3.56. The lowest BCUT2D eigenvalue weighted by Gasteiger charge is -2.33. The zero-order chi connectivity index (χ0) is 18.1. The molecule has 2 atom stereocenters. The van der Waals surface area contributed by atoms with Crippen LogP contribution < -0.4 is 5.32 Å². The van der Waals surface area contributed by atoms with Gasteiger partial charge in [0.05, 0.1) is 0 Å². The summed E-state index contributed by atoms with van der Waals surface area (Å²) < 4.78 is 0. The van der Waals surface area contributed by atoms with E-state index in [0.717, 1.165) is 12.3 Å². The van der Waals surface area contributed by atoms with Gasteiger partial charge in [0.1, 0.15) is 0 Å². The summed E-state index contributed by atoms with van der Waals surface area (Å²) in [4.78, 5) is 4.30. The molecule has 0 aliphatic heterocycles. The lowest BCUT2D eigenvalue weighted by Crippen LogP contribution is -2.35. The molecule has 1 N–H and O–H groups in total. The van der Waals surface area contributed by atoms with Crippen LogP contribution in [0.1, 0.15) is 76.3 Å². The lowest BCUT2D eigenvalue weighted by atomic mass is 9.78. The molecule has 0 spiro atoms. The fraction of sp³-hybridized carbons (Fsp3) is 0.522. The van der Waals surface area contributed by atoms with Gasteiger partial charge in [-0.3, -0.25) is 4.99 Å². The summed E-state index contributed by atoms with van der Waals surface area (Å²) in [6.07, 6.45) is 13.7. The van der Waals surface area contributed by atoms with E-state index in [0.29, 0.717) is 12.0 Å². The first-order valence-corrected chi connectivity index (χ1v) is 9.78. The fourth-order valence-corrected chi connectivity index (χ4v) is 4.13. The van der Waals surface area contributed by atoms with E-state index < -0.39 is 0 Å². The van der Waals surface area contributed by atoms with E-state index in [1.54, 1.807) is 0 Å². The number of rotatable bonds is 8. The molecule has 2 nitrogen and oxygen atoms in total. The van der Waals surface area contributed by atoms with Crippen LogP contribution in [0.25, 0.3) is 5.57 Å². The highest BCUT2D eigenvalue weighted by Gasteiger charge is 2.25. The molecular formula is C23H34N2. The summed E-state index contributed by atoms with van der Waals surface area (Å²) in [6, 6.07) is 9.30. The smallest absolute Gasteiger partial charge is 0.0299 e. The van der Waals surface area contributed by atoms with Gasteiger partial charge >= 0.3 is 0 Å². The quantitative estimate of drug-likeness (QED) is 0.551. The molecule has 0 aromatic heterocycles. The molecule has 2 heteroatoms. The summed E-state index contributed by atoms with van der Waals surface area (Å²) in [7, 11) is 0. The summed E-state index contributed by atoms with van der Waals surface area (Å²) in [5.74, 6) is 1.28.